The SMILES string of the molecule is CC(C)n1ncc2c(C(=O)Nc3cccc(F)c3)cc(-c3ccco3)nc21. The molecule has 0 fully saturated rings. The Morgan fingerprint density at radius 2 is 2.07 bits per heavy atom. The predicted molar refractivity (Wildman–Crippen MR) is 100.0 cm³/mol. The van der Waals surface area contributed by atoms with Crippen LogP contribution in [0.4, 0.5) is 10.1 Å². The first-order valence-electron chi connectivity index (χ1n) is 8.52. The third-order valence-corrected chi connectivity index (χ3v) is 4.16. The van der Waals surface area contributed by atoms with Gasteiger partial charge in [-0.1, -0.05) is 6.07 Å². The number of nitrogens with one attached hydrogen (secondary N) is 1. The highest BCUT2D eigenvalue weighted by atomic mass is 19.1. The van der Waals surface area contributed by atoms with Crippen LogP contribution in [0.3, 0.4) is 0 Å². The van der Waals surface area contributed by atoms with Crippen LogP contribution >= 0.6 is 0 Å². The summed E-state index contributed by atoms with van der Waals surface area (Å²) >= 11 is 0. The second kappa shape index (κ2) is 6.68. The van der Waals surface area contributed by atoms with Crippen molar-refractivity contribution in [1.82, 2.24) is 14.8 Å². The van der Waals surface area contributed by atoms with Crippen molar-refractivity contribution in [3.8, 4) is 11.5 Å². The quantitative estimate of drug-likeness (QED) is 0.571. The number of fused-ring (bicyclic) bond motifs is 1. The van der Waals surface area contributed by atoms with Gasteiger partial charge in [-0.3, -0.25) is 4.79 Å². The first kappa shape index (κ1) is 17.0. The van der Waals surface area contributed by atoms with Gasteiger partial charge in [-0.05, 0) is 50.2 Å². The van der Waals surface area contributed by atoms with E-state index in [1.165, 1.54) is 18.2 Å². The molecular weight excluding hydrogens is 347 g/mol. The van der Waals surface area contributed by atoms with Crippen LogP contribution in [0.1, 0.15) is 30.2 Å². The maximum Gasteiger partial charge on any atom is 0.256 e. The van der Waals surface area contributed by atoms with Gasteiger partial charge in [-0.2, -0.15) is 5.10 Å². The molecule has 4 rings (SSSR count). The van der Waals surface area contributed by atoms with Gasteiger partial charge in [-0.25, -0.2) is 14.1 Å². The lowest BCUT2D eigenvalue weighted by molar-refractivity contribution is 0.102. The molecule has 136 valence electrons. The molecule has 3 aromatic heterocycles. The highest BCUT2D eigenvalue weighted by molar-refractivity contribution is 6.12. The molecule has 0 aliphatic heterocycles. The topological polar surface area (TPSA) is 73.0 Å². The molecular formula is C20H17FN4O2. The molecule has 0 atom stereocenters. The van der Waals surface area contributed by atoms with E-state index >= 15 is 0 Å². The summed E-state index contributed by atoms with van der Waals surface area (Å²) in [6, 6.07) is 11.0. The molecule has 0 saturated heterocycles. The Bertz CT molecular complexity index is 1120. The highest BCUT2D eigenvalue weighted by Crippen LogP contribution is 2.27. The molecule has 0 saturated carbocycles. The van der Waals surface area contributed by atoms with E-state index in [9.17, 15) is 9.18 Å². The normalized spacial score (nSPS) is 11.3. The number of carbonyl (C=O) groups is 1. The molecule has 0 aliphatic rings. The molecule has 7 heteroatoms. The molecule has 6 nitrogen and oxygen atoms in total. The summed E-state index contributed by atoms with van der Waals surface area (Å²) < 4.78 is 20.6. The number of pyridine rings is 1. The number of nitrogens with zero attached hydrogens (tertiary/aromatic N) is 3. The number of hydrogen-bond donors (Lipinski definition) is 1. The number of aromatic nitrogens is 3. The summed E-state index contributed by atoms with van der Waals surface area (Å²) in [6.45, 7) is 3.97. The van der Waals surface area contributed by atoms with Crippen molar-refractivity contribution in [2.45, 2.75) is 19.9 Å². The van der Waals surface area contributed by atoms with E-state index in [-0.39, 0.29) is 11.9 Å². The maximum absolute atomic E-state index is 13.4. The summed E-state index contributed by atoms with van der Waals surface area (Å²) in [5, 5.41) is 7.71. The van der Waals surface area contributed by atoms with Crippen LogP contribution in [-0.2, 0) is 0 Å². The molecule has 0 unspecified atom stereocenters. The van der Waals surface area contributed by atoms with Crippen molar-refractivity contribution in [3.05, 3.63) is 66.3 Å². The van der Waals surface area contributed by atoms with Crippen molar-refractivity contribution >= 4 is 22.6 Å². The highest BCUT2D eigenvalue weighted by Gasteiger charge is 2.19. The lowest BCUT2D eigenvalue weighted by atomic mass is 10.1. The number of rotatable bonds is 4. The van der Waals surface area contributed by atoms with Crippen molar-refractivity contribution in [2.24, 2.45) is 0 Å². The standard InChI is InChI=1S/C20H17FN4O2/c1-12(2)25-19-16(11-22-25)15(10-17(24-19)18-7-4-8-27-18)20(26)23-14-6-3-5-13(21)9-14/h3-12H,1-2H3,(H,23,26). The predicted octanol–water partition coefficient (Wildman–Crippen LogP) is 4.66. The first-order chi connectivity index (χ1) is 13.0. The van der Waals surface area contributed by atoms with E-state index in [0.29, 0.717) is 33.7 Å². The van der Waals surface area contributed by atoms with Crippen LogP contribution in [-0.4, -0.2) is 20.7 Å². The summed E-state index contributed by atoms with van der Waals surface area (Å²) in [4.78, 5) is 17.5. The van der Waals surface area contributed by atoms with Crippen LogP contribution in [0.5, 0.6) is 0 Å². The summed E-state index contributed by atoms with van der Waals surface area (Å²) in [7, 11) is 0. The minimum atomic E-state index is -0.420. The molecule has 3 heterocycles. The van der Waals surface area contributed by atoms with E-state index in [2.05, 4.69) is 15.4 Å². The first-order valence-corrected chi connectivity index (χ1v) is 8.52. The molecule has 0 spiro atoms. The average Bonchev–Trinajstić information content (AvgIpc) is 3.30. The van der Waals surface area contributed by atoms with E-state index in [0.717, 1.165) is 0 Å². The lowest BCUT2D eigenvalue weighted by Crippen LogP contribution is -2.13. The van der Waals surface area contributed by atoms with Crippen LogP contribution < -0.4 is 5.32 Å². The van der Waals surface area contributed by atoms with Crippen LogP contribution in [0.15, 0.2) is 59.3 Å². The van der Waals surface area contributed by atoms with Gasteiger partial charge in [0.1, 0.15) is 11.5 Å². The van der Waals surface area contributed by atoms with Crippen molar-refractivity contribution < 1.29 is 13.6 Å². The summed E-state index contributed by atoms with van der Waals surface area (Å²) in [5.74, 6) is -0.242. The number of carbonyl (C=O) groups excluding carboxylic acids is 1. The fourth-order valence-electron chi connectivity index (χ4n) is 2.90. The van der Waals surface area contributed by atoms with Gasteiger partial charge in [0.15, 0.2) is 11.4 Å². The zero-order valence-electron chi connectivity index (χ0n) is 14.8. The third-order valence-electron chi connectivity index (χ3n) is 4.16. The Morgan fingerprint density at radius 3 is 2.78 bits per heavy atom. The molecule has 1 amide bonds. The number of anilines is 1. The number of amides is 1. The van der Waals surface area contributed by atoms with Crippen molar-refractivity contribution in [1.29, 1.82) is 0 Å². The Morgan fingerprint density at radius 1 is 1.22 bits per heavy atom. The van der Waals surface area contributed by atoms with Crippen LogP contribution in [0, 0.1) is 5.82 Å². The summed E-state index contributed by atoms with van der Waals surface area (Å²) in [6.07, 6.45) is 3.17. The maximum atomic E-state index is 13.4. The molecule has 27 heavy (non-hydrogen) atoms. The molecule has 1 N–H and O–H groups in total. The molecule has 0 radical (unpaired) electrons. The molecule has 0 aliphatic carbocycles. The fourth-order valence-corrected chi connectivity index (χ4v) is 2.90. The Kier molecular flexibility index (Phi) is 4.19. The van der Waals surface area contributed by atoms with Gasteiger partial charge in [0.25, 0.3) is 5.91 Å². The molecule has 1 aromatic carbocycles. The van der Waals surface area contributed by atoms with Crippen LogP contribution in [0.2, 0.25) is 0 Å². The Hall–Kier alpha value is -3.48. The smallest absolute Gasteiger partial charge is 0.256 e. The van der Waals surface area contributed by atoms with E-state index in [1.807, 2.05) is 13.8 Å². The van der Waals surface area contributed by atoms with Crippen molar-refractivity contribution in [3.63, 3.8) is 0 Å². The van der Waals surface area contributed by atoms with E-state index in [4.69, 9.17) is 4.42 Å². The zero-order valence-corrected chi connectivity index (χ0v) is 14.8. The number of hydrogen-bond acceptors (Lipinski definition) is 4. The monoisotopic (exact) mass is 364 g/mol. The second-order valence-corrected chi connectivity index (χ2v) is 6.42. The average molecular weight is 364 g/mol. The summed E-state index contributed by atoms with van der Waals surface area (Å²) in [5.41, 5.74) is 1.88. The second-order valence-electron chi connectivity index (χ2n) is 6.42. The fraction of sp³-hybridized carbons (Fsp3) is 0.150. The van der Waals surface area contributed by atoms with Gasteiger partial charge in [0.2, 0.25) is 0 Å². The zero-order chi connectivity index (χ0) is 19.0. The molecule has 0 bridgehead atoms. The third kappa shape index (κ3) is 3.19. The van der Waals surface area contributed by atoms with Gasteiger partial charge >= 0.3 is 0 Å². The number of furan rings is 1. The van der Waals surface area contributed by atoms with E-state index in [1.54, 1.807) is 41.4 Å². The van der Waals surface area contributed by atoms with Crippen LogP contribution in [0.25, 0.3) is 22.5 Å². The number of halogens is 1. The minimum absolute atomic E-state index is 0.0704. The Labute approximate surface area is 154 Å². The minimum Gasteiger partial charge on any atom is -0.463 e. The molecule has 4 aromatic rings. The van der Waals surface area contributed by atoms with Crippen molar-refractivity contribution in [2.75, 3.05) is 5.32 Å². The number of benzene rings is 1. The van der Waals surface area contributed by atoms with Gasteiger partial charge in [0.05, 0.1) is 23.4 Å². The van der Waals surface area contributed by atoms with Gasteiger partial charge in [0, 0.05) is 11.7 Å². The largest absolute Gasteiger partial charge is 0.463 e. The lowest BCUT2D eigenvalue weighted by Gasteiger charge is -2.10. The van der Waals surface area contributed by atoms with E-state index < -0.39 is 5.82 Å². The Balaban J connectivity index is 1.84. The van der Waals surface area contributed by atoms with Gasteiger partial charge < -0.3 is 9.73 Å². The van der Waals surface area contributed by atoms with Gasteiger partial charge in [-0.15, -0.1) is 0 Å².